The summed E-state index contributed by atoms with van der Waals surface area (Å²) in [6.45, 7) is 9.78. The van der Waals surface area contributed by atoms with E-state index in [9.17, 15) is 0 Å². The lowest BCUT2D eigenvalue weighted by Gasteiger charge is -2.19. The molecule has 0 amide bonds. The second-order valence-electron chi connectivity index (χ2n) is 5.47. The van der Waals surface area contributed by atoms with Crippen LogP contribution in [0.1, 0.15) is 39.9 Å². The normalized spacial score (nSPS) is 12.3. The minimum absolute atomic E-state index is 0.0562. The van der Waals surface area contributed by atoms with Crippen LogP contribution < -0.4 is 0 Å². The Labute approximate surface area is 108 Å². The Hall–Kier alpha value is -1.02. The molecule has 0 aliphatic rings. The molecule has 0 saturated carbocycles. The van der Waals surface area contributed by atoms with Crippen LogP contribution in [0.25, 0.3) is 11.0 Å². The molecule has 0 radical (unpaired) electrons. The zero-order valence-electron chi connectivity index (χ0n) is 10.9. The molecule has 1 heterocycles. The van der Waals surface area contributed by atoms with Gasteiger partial charge in [-0.2, -0.15) is 0 Å². The molecule has 1 aromatic heterocycles. The van der Waals surface area contributed by atoms with Crippen molar-refractivity contribution >= 4 is 22.6 Å². The SMILES string of the molecule is CCCn1c(C(C)(C)C)nc2cc(Cl)ccc21. The van der Waals surface area contributed by atoms with Gasteiger partial charge in [0.05, 0.1) is 11.0 Å². The topological polar surface area (TPSA) is 17.8 Å². The first kappa shape index (κ1) is 12.4. The molecule has 0 aliphatic carbocycles. The van der Waals surface area contributed by atoms with Gasteiger partial charge in [0.2, 0.25) is 0 Å². The second kappa shape index (κ2) is 4.34. The number of halogens is 1. The molecule has 0 spiro atoms. The number of rotatable bonds is 2. The minimum atomic E-state index is 0.0562. The lowest BCUT2D eigenvalue weighted by atomic mass is 9.95. The number of hydrogen-bond donors (Lipinski definition) is 0. The van der Waals surface area contributed by atoms with Gasteiger partial charge in [-0.25, -0.2) is 4.98 Å². The van der Waals surface area contributed by atoms with Crippen LogP contribution in [0.4, 0.5) is 0 Å². The molecule has 0 fully saturated rings. The highest BCUT2D eigenvalue weighted by Crippen LogP contribution is 2.28. The van der Waals surface area contributed by atoms with Gasteiger partial charge in [0, 0.05) is 17.0 Å². The molecule has 3 heteroatoms. The summed E-state index contributed by atoms with van der Waals surface area (Å²) in [4.78, 5) is 4.74. The fourth-order valence-electron chi connectivity index (χ4n) is 2.13. The van der Waals surface area contributed by atoms with Crippen molar-refractivity contribution in [1.82, 2.24) is 9.55 Å². The number of hydrogen-bond acceptors (Lipinski definition) is 1. The van der Waals surface area contributed by atoms with Gasteiger partial charge >= 0.3 is 0 Å². The lowest BCUT2D eigenvalue weighted by molar-refractivity contribution is 0.501. The lowest BCUT2D eigenvalue weighted by Crippen LogP contribution is -2.19. The van der Waals surface area contributed by atoms with Crippen LogP contribution in [0.5, 0.6) is 0 Å². The maximum atomic E-state index is 6.02. The monoisotopic (exact) mass is 250 g/mol. The summed E-state index contributed by atoms with van der Waals surface area (Å²) < 4.78 is 2.31. The third-order valence-corrected chi connectivity index (χ3v) is 3.06. The van der Waals surface area contributed by atoms with Crippen LogP contribution in [0.15, 0.2) is 18.2 Å². The molecule has 2 rings (SSSR count). The van der Waals surface area contributed by atoms with E-state index in [1.807, 2.05) is 12.1 Å². The van der Waals surface area contributed by atoms with Gasteiger partial charge < -0.3 is 4.57 Å². The van der Waals surface area contributed by atoms with Crippen molar-refractivity contribution in [2.24, 2.45) is 0 Å². The zero-order chi connectivity index (χ0) is 12.6. The Morgan fingerprint density at radius 3 is 2.59 bits per heavy atom. The molecule has 0 saturated heterocycles. The molecule has 0 N–H and O–H groups in total. The van der Waals surface area contributed by atoms with Crippen molar-refractivity contribution in [3.05, 3.63) is 29.0 Å². The highest BCUT2D eigenvalue weighted by molar-refractivity contribution is 6.31. The molecular formula is C14H19ClN2. The molecular weight excluding hydrogens is 232 g/mol. The van der Waals surface area contributed by atoms with Gasteiger partial charge in [-0.05, 0) is 24.6 Å². The largest absolute Gasteiger partial charge is 0.328 e. The number of imidazole rings is 1. The van der Waals surface area contributed by atoms with Crippen LogP contribution in [0.2, 0.25) is 5.02 Å². The summed E-state index contributed by atoms with van der Waals surface area (Å²) in [5.74, 6) is 1.14. The average Bonchev–Trinajstić information content (AvgIpc) is 2.56. The Balaban J connectivity index is 2.70. The van der Waals surface area contributed by atoms with Crippen molar-refractivity contribution in [1.29, 1.82) is 0 Å². The molecule has 92 valence electrons. The van der Waals surface area contributed by atoms with Crippen LogP contribution in [-0.2, 0) is 12.0 Å². The van der Waals surface area contributed by atoms with E-state index < -0.39 is 0 Å². The van der Waals surface area contributed by atoms with E-state index >= 15 is 0 Å². The molecule has 2 aromatic rings. The molecule has 0 unspecified atom stereocenters. The third kappa shape index (κ3) is 2.32. The van der Waals surface area contributed by atoms with Gasteiger partial charge in [0.25, 0.3) is 0 Å². The standard InChI is InChI=1S/C14H19ClN2/c1-5-8-17-12-7-6-10(15)9-11(12)16-13(17)14(2,3)4/h6-7,9H,5,8H2,1-4H3. The van der Waals surface area contributed by atoms with E-state index in [0.29, 0.717) is 0 Å². The summed E-state index contributed by atoms with van der Waals surface area (Å²) >= 11 is 6.02. The highest BCUT2D eigenvalue weighted by atomic mass is 35.5. The number of nitrogens with zero attached hydrogens (tertiary/aromatic N) is 2. The summed E-state index contributed by atoms with van der Waals surface area (Å²) in [5.41, 5.74) is 2.23. The summed E-state index contributed by atoms with van der Waals surface area (Å²) in [6.07, 6.45) is 1.11. The average molecular weight is 251 g/mol. The van der Waals surface area contributed by atoms with E-state index in [2.05, 4.69) is 38.3 Å². The summed E-state index contributed by atoms with van der Waals surface area (Å²) in [6, 6.07) is 5.94. The van der Waals surface area contributed by atoms with Crippen LogP contribution in [-0.4, -0.2) is 9.55 Å². The number of benzene rings is 1. The first-order chi connectivity index (χ1) is 7.93. The molecule has 0 atom stereocenters. The Kier molecular flexibility index (Phi) is 3.17. The summed E-state index contributed by atoms with van der Waals surface area (Å²) in [7, 11) is 0. The van der Waals surface area contributed by atoms with Gasteiger partial charge in [0.1, 0.15) is 5.82 Å². The van der Waals surface area contributed by atoms with E-state index in [4.69, 9.17) is 16.6 Å². The van der Waals surface area contributed by atoms with Gasteiger partial charge in [-0.15, -0.1) is 0 Å². The van der Waals surface area contributed by atoms with Crippen molar-refractivity contribution in [2.45, 2.75) is 46.1 Å². The zero-order valence-corrected chi connectivity index (χ0v) is 11.7. The van der Waals surface area contributed by atoms with E-state index in [0.717, 1.165) is 29.3 Å². The molecule has 2 nitrogen and oxygen atoms in total. The molecule has 0 bridgehead atoms. The smallest absolute Gasteiger partial charge is 0.115 e. The Morgan fingerprint density at radius 1 is 1.29 bits per heavy atom. The van der Waals surface area contributed by atoms with Crippen LogP contribution in [0.3, 0.4) is 0 Å². The molecule has 1 aromatic carbocycles. The first-order valence-electron chi connectivity index (χ1n) is 6.09. The van der Waals surface area contributed by atoms with Crippen molar-refractivity contribution in [3.8, 4) is 0 Å². The van der Waals surface area contributed by atoms with Gasteiger partial charge in [0.15, 0.2) is 0 Å². The van der Waals surface area contributed by atoms with Crippen molar-refractivity contribution in [3.63, 3.8) is 0 Å². The number of aryl methyl sites for hydroxylation is 1. The fraction of sp³-hybridized carbons (Fsp3) is 0.500. The second-order valence-corrected chi connectivity index (χ2v) is 5.91. The Bertz CT molecular complexity index is 535. The predicted octanol–water partition coefficient (Wildman–Crippen LogP) is 4.40. The van der Waals surface area contributed by atoms with E-state index in [1.165, 1.54) is 5.52 Å². The van der Waals surface area contributed by atoms with E-state index in [-0.39, 0.29) is 5.41 Å². The quantitative estimate of drug-likeness (QED) is 0.773. The van der Waals surface area contributed by atoms with Crippen LogP contribution in [0, 0.1) is 0 Å². The predicted molar refractivity (Wildman–Crippen MR) is 73.7 cm³/mol. The molecule has 0 aliphatic heterocycles. The van der Waals surface area contributed by atoms with Gasteiger partial charge in [-0.3, -0.25) is 0 Å². The van der Waals surface area contributed by atoms with E-state index in [1.54, 1.807) is 0 Å². The number of fused-ring (bicyclic) bond motifs is 1. The van der Waals surface area contributed by atoms with Crippen molar-refractivity contribution in [2.75, 3.05) is 0 Å². The molecule has 17 heavy (non-hydrogen) atoms. The Morgan fingerprint density at radius 2 is 2.00 bits per heavy atom. The minimum Gasteiger partial charge on any atom is -0.328 e. The number of aromatic nitrogens is 2. The maximum absolute atomic E-state index is 6.02. The third-order valence-electron chi connectivity index (χ3n) is 2.83. The highest BCUT2D eigenvalue weighted by Gasteiger charge is 2.22. The van der Waals surface area contributed by atoms with Gasteiger partial charge in [-0.1, -0.05) is 39.3 Å². The fourth-order valence-corrected chi connectivity index (χ4v) is 2.29. The van der Waals surface area contributed by atoms with Crippen molar-refractivity contribution < 1.29 is 0 Å². The maximum Gasteiger partial charge on any atom is 0.115 e. The van der Waals surface area contributed by atoms with Crippen LogP contribution >= 0.6 is 11.6 Å². The summed E-state index contributed by atoms with van der Waals surface area (Å²) in [5, 5.41) is 0.749. The first-order valence-corrected chi connectivity index (χ1v) is 6.47.